The summed E-state index contributed by atoms with van der Waals surface area (Å²) in [6.07, 6.45) is 1.02. The molecule has 1 amide bonds. The number of aromatic nitrogens is 1. The van der Waals surface area contributed by atoms with Gasteiger partial charge in [0.1, 0.15) is 11.6 Å². The molecule has 1 atom stereocenters. The van der Waals surface area contributed by atoms with E-state index in [0.29, 0.717) is 57.3 Å². The van der Waals surface area contributed by atoms with Crippen molar-refractivity contribution in [2.24, 2.45) is 5.73 Å². The van der Waals surface area contributed by atoms with E-state index in [1.807, 2.05) is 12.1 Å². The van der Waals surface area contributed by atoms with E-state index in [-0.39, 0.29) is 5.56 Å². The smallest absolute Gasteiger partial charge is 0.337 e. The predicted octanol–water partition coefficient (Wildman–Crippen LogP) is 5.48. The third-order valence-corrected chi connectivity index (χ3v) is 6.53. The summed E-state index contributed by atoms with van der Waals surface area (Å²) in [6, 6.07) is 9.59. The quantitative estimate of drug-likeness (QED) is 0.374. The zero-order chi connectivity index (χ0) is 26.6. The number of hydrogen-bond acceptors (Lipinski definition) is 5. The monoisotopic (exact) mass is 502 g/mol. The molecule has 37 heavy (non-hydrogen) atoms. The number of hydrogen-bond donors (Lipinski definition) is 2. The van der Waals surface area contributed by atoms with E-state index in [1.165, 1.54) is 6.07 Å². The third kappa shape index (κ3) is 4.27. The molecule has 0 bridgehead atoms. The number of carboxylic acids is 1. The highest BCUT2D eigenvalue weighted by molar-refractivity contribution is 6.14. The minimum atomic E-state index is -1.37. The summed E-state index contributed by atoms with van der Waals surface area (Å²) in [4.78, 5) is 29.6. The van der Waals surface area contributed by atoms with Crippen LogP contribution in [-0.4, -0.2) is 34.2 Å². The van der Waals surface area contributed by atoms with Crippen molar-refractivity contribution in [3.8, 4) is 16.9 Å². The van der Waals surface area contributed by atoms with Crippen LogP contribution < -0.4 is 10.5 Å². The van der Waals surface area contributed by atoms with E-state index in [9.17, 15) is 19.1 Å². The Bertz CT molecular complexity index is 1600. The molecule has 4 aromatic rings. The average molecular weight is 503 g/mol. The minimum absolute atomic E-state index is 0.00791. The van der Waals surface area contributed by atoms with Crippen LogP contribution >= 0.6 is 0 Å². The molecular formula is C29H27FN2O5. The second-order valence-corrected chi connectivity index (χ2v) is 10.2. The fraction of sp³-hybridized carbons (Fsp3) is 0.276. The second-order valence-electron chi connectivity index (χ2n) is 10.2. The van der Waals surface area contributed by atoms with Crippen LogP contribution in [-0.2, 0) is 16.0 Å². The Hall–Kier alpha value is -4.04. The first-order valence-corrected chi connectivity index (χ1v) is 12.0. The molecule has 7 nitrogen and oxygen atoms in total. The van der Waals surface area contributed by atoms with Crippen molar-refractivity contribution in [1.82, 2.24) is 4.98 Å². The lowest BCUT2D eigenvalue weighted by Crippen LogP contribution is -2.28. The van der Waals surface area contributed by atoms with Crippen molar-refractivity contribution in [2.45, 2.75) is 45.8 Å². The van der Waals surface area contributed by atoms with Gasteiger partial charge in [-0.2, -0.15) is 0 Å². The van der Waals surface area contributed by atoms with Gasteiger partial charge in [-0.15, -0.1) is 0 Å². The molecule has 0 fully saturated rings. The van der Waals surface area contributed by atoms with Crippen molar-refractivity contribution in [3.05, 3.63) is 70.7 Å². The number of rotatable bonds is 5. The number of ether oxygens (including phenoxy) is 2. The fourth-order valence-electron chi connectivity index (χ4n) is 5.14. The molecule has 3 aromatic carbocycles. The Labute approximate surface area is 213 Å². The summed E-state index contributed by atoms with van der Waals surface area (Å²) in [6.45, 7) is 7.59. The number of carbonyl (C=O) groups is 2. The van der Waals surface area contributed by atoms with Crippen molar-refractivity contribution in [1.29, 1.82) is 0 Å². The summed E-state index contributed by atoms with van der Waals surface area (Å²) in [5.74, 6) is -1.97. The zero-order valence-electron chi connectivity index (χ0n) is 21.0. The van der Waals surface area contributed by atoms with Crippen LogP contribution in [0.15, 0.2) is 42.6 Å². The van der Waals surface area contributed by atoms with Crippen molar-refractivity contribution < 1.29 is 28.6 Å². The van der Waals surface area contributed by atoms with E-state index in [1.54, 1.807) is 46.0 Å². The van der Waals surface area contributed by atoms with Crippen LogP contribution in [0.2, 0.25) is 0 Å². The maximum absolute atomic E-state index is 14.9. The van der Waals surface area contributed by atoms with E-state index >= 15 is 0 Å². The van der Waals surface area contributed by atoms with Gasteiger partial charge in [-0.1, -0.05) is 6.07 Å². The standard InChI is InChI=1S/C29H27FN2O5/c1-14-11-18-19(12-16(30)13-20(18)27(31)33)24(22(14)26(28(34)35)37-29(2,3)4)17-5-6-21-23-15(8-10-36-21)7-9-32-25(17)23/h5-7,9,11-13,26H,8,10H2,1-4H3,(H2,31,33)(H,34,35). The number of fused-ring (bicyclic) bond motifs is 1. The zero-order valence-corrected chi connectivity index (χ0v) is 21.0. The first-order chi connectivity index (χ1) is 17.5. The Morgan fingerprint density at radius 1 is 1.16 bits per heavy atom. The van der Waals surface area contributed by atoms with Crippen LogP contribution in [0.3, 0.4) is 0 Å². The molecule has 3 N–H and O–H groups in total. The molecule has 0 spiro atoms. The molecule has 0 saturated carbocycles. The van der Waals surface area contributed by atoms with Gasteiger partial charge in [0, 0.05) is 34.7 Å². The van der Waals surface area contributed by atoms with Gasteiger partial charge < -0.3 is 20.3 Å². The van der Waals surface area contributed by atoms with E-state index in [4.69, 9.17) is 15.2 Å². The molecule has 1 aromatic heterocycles. The van der Waals surface area contributed by atoms with Gasteiger partial charge in [-0.05, 0) is 85.5 Å². The molecule has 1 aliphatic rings. The number of nitrogens with zero attached hydrogens (tertiary/aromatic N) is 1. The number of primary amides is 1. The Morgan fingerprint density at radius 3 is 2.59 bits per heavy atom. The number of aliphatic carboxylic acids is 1. The summed E-state index contributed by atoms with van der Waals surface area (Å²) in [7, 11) is 0. The van der Waals surface area contributed by atoms with E-state index < -0.39 is 29.4 Å². The topological polar surface area (TPSA) is 112 Å². The molecule has 190 valence electrons. The highest BCUT2D eigenvalue weighted by Crippen LogP contribution is 2.45. The Balaban J connectivity index is 1.98. The number of carboxylic acid groups (broad SMARTS) is 1. The van der Waals surface area contributed by atoms with Gasteiger partial charge >= 0.3 is 5.97 Å². The minimum Gasteiger partial charge on any atom is -0.493 e. The van der Waals surface area contributed by atoms with Crippen LogP contribution in [0.5, 0.6) is 5.75 Å². The van der Waals surface area contributed by atoms with Gasteiger partial charge in [0.2, 0.25) is 5.91 Å². The predicted molar refractivity (Wildman–Crippen MR) is 138 cm³/mol. The number of amides is 1. The van der Waals surface area contributed by atoms with Crippen molar-refractivity contribution >= 4 is 33.6 Å². The molecular weight excluding hydrogens is 475 g/mol. The molecule has 2 heterocycles. The Morgan fingerprint density at radius 2 is 1.92 bits per heavy atom. The molecule has 1 unspecified atom stereocenters. The molecule has 0 aliphatic carbocycles. The van der Waals surface area contributed by atoms with Gasteiger partial charge in [0.15, 0.2) is 6.10 Å². The number of benzene rings is 3. The Kier molecular flexibility index (Phi) is 5.87. The molecule has 1 aliphatic heterocycles. The molecule has 0 radical (unpaired) electrons. The van der Waals surface area contributed by atoms with Crippen LogP contribution in [0, 0.1) is 12.7 Å². The lowest BCUT2D eigenvalue weighted by atomic mass is 9.84. The number of carbonyl (C=O) groups excluding carboxylic acids is 1. The first-order valence-electron chi connectivity index (χ1n) is 12.0. The van der Waals surface area contributed by atoms with Crippen molar-refractivity contribution in [2.75, 3.05) is 6.61 Å². The van der Waals surface area contributed by atoms with Crippen LogP contribution in [0.1, 0.15) is 53.9 Å². The van der Waals surface area contributed by atoms with Gasteiger partial charge in [-0.3, -0.25) is 9.78 Å². The summed E-state index contributed by atoms with van der Waals surface area (Å²) in [5, 5.41) is 11.9. The second kappa shape index (κ2) is 8.81. The maximum atomic E-state index is 14.9. The summed E-state index contributed by atoms with van der Waals surface area (Å²) < 4.78 is 26.8. The molecule has 5 rings (SSSR count). The first kappa shape index (κ1) is 24.6. The number of pyridine rings is 1. The van der Waals surface area contributed by atoms with Crippen LogP contribution in [0.25, 0.3) is 32.8 Å². The number of aryl methyl sites for hydroxylation is 1. The van der Waals surface area contributed by atoms with Gasteiger partial charge in [-0.25, -0.2) is 9.18 Å². The third-order valence-electron chi connectivity index (χ3n) is 6.53. The highest BCUT2D eigenvalue weighted by atomic mass is 19.1. The van der Waals surface area contributed by atoms with Gasteiger partial charge in [0.25, 0.3) is 0 Å². The van der Waals surface area contributed by atoms with E-state index in [0.717, 1.165) is 17.0 Å². The van der Waals surface area contributed by atoms with Crippen LogP contribution in [0.4, 0.5) is 4.39 Å². The molecule has 8 heteroatoms. The highest BCUT2D eigenvalue weighted by Gasteiger charge is 2.33. The lowest BCUT2D eigenvalue weighted by Gasteiger charge is -2.29. The summed E-state index contributed by atoms with van der Waals surface area (Å²) >= 11 is 0. The largest absolute Gasteiger partial charge is 0.493 e. The average Bonchev–Trinajstić information content (AvgIpc) is 2.82. The SMILES string of the molecule is Cc1cc2c(C(N)=O)cc(F)cc2c(-c2ccc3c4c(ccnc24)CCO3)c1C(OC(C)(C)C)C(=O)O. The lowest BCUT2D eigenvalue weighted by molar-refractivity contribution is -0.160. The van der Waals surface area contributed by atoms with E-state index in [2.05, 4.69) is 4.98 Å². The van der Waals surface area contributed by atoms with Gasteiger partial charge in [0.05, 0.1) is 17.7 Å². The number of halogens is 1. The molecule has 0 saturated heterocycles. The normalized spacial score (nSPS) is 14.0. The maximum Gasteiger partial charge on any atom is 0.337 e. The fourth-order valence-corrected chi connectivity index (χ4v) is 5.14. The number of nitrogens with two attached hydrogens (primary N) is 1. The summed E-state index contributed by atoms with van der Waals surface area (Å²) in [5.41, 5.74) is 8.40. The van der Waals surface area contributed by atoms with Crippen molar-refractivity contribution in [3.63, 3.8) is 0 Å².